The summed E-state index contributed by atoms with van der Waals surface area (Å²) in [6.07, 6.45) is 1.26. The number of urea groups is 1. The third-order valence-electron chi connectivity index (χ3n) is 3.93. The zero-order valence-corrected chi connectivity index (χ0v) is 14.7. The SMILES string of the molecule is CCOc1ccc(N2C[C@@H](NC(=O)NCCC(C)C)CC2=O)cc1. The van der Waals surface area contributed by atoms with Gasteiger partial charge in [0, 0.05) is 25.2 Å². The van der Waals surface area contributed by atoms with Crippen LogP contribution in [0.4, 0.5) is 10.5 Å². The second kappa shape index (κ2) is 8.57. The minimum atomic E-state index is -0.206. The molecule has 6 nitrogen and oxygen atoms in total. The summed E-state index contributed by atoms with van der Waals surface area (Å²) in [4.78, 5) is 25.8. The molecule has 0 unspecified atom stereocenters. The number of anilines is 1. The quantitative estimate of drug-likeness (QED) is 0.805. The van der Waals surface area contributed by atoms with Crippen molar-refractivity contribution < 1.29 is 14.3 Å². The van der Waals surface area contributed by atoms with Gasteiger partial charge in [-0.1, -0.05) is 13.8 Å². The molecule has 132 valence electrons. The standard InChI is InChI=1S/C18H27N3O3/c1-4-24-16-7-5-15(6-8-16)21-12-14(11-17(21)22)20-18(23)19-10-9-13(2)3/h5-8,13-14H,4,9-12H2,1-3H3,(H2,19,20,23)/t14-/m0/s1. The predicted octanol–water partition coefficient (Wildman–Crippen LogP) is 2.54. The van der Waals surface area contributed by atoms with Crippen LogP contribution in [0, 0.1) is 5.92 Å². The maximum Gasteiger partial charge on any atom is 0.315 e. The Morgan fingerprint density at radius 3 is 2.67 bits per heavy atom. The Balaban J connectivity index is 1.85. The summed E-state index contributed by atoms with van der Waals surface area (Å²) >= 11 is 0. The van der Waals surface area contributed by atoms with Crippen LogP contribution in [-0.4, -0.2) is 37.7 Å². The molecule has 1 aliphatic rings. The van der Waals surface area contributed by atoms with Gasteiger partial charge in [-0.15, -0.1) is 0 Å². The van der Waals surface area contributed by atoms with Crippen LogP contribution in [0.25, 0.3) is 0 Å². The largest absolute Gasteiger partial charge is 0.494 e. The minimum Gasteiger partial charge on any atom is -0.494 e. The molecule has 0 saturated carbocycles. The van der Waals surface area contributed by atoms with Crippen LogP contribution in [0.1, 0.15) is 33.6 Å². The fourth-order valence-corrected chi connectivity index (χ4v) is 2.65. The molecule has 3 amide bonds. The molecule has 0 bridgehead atoms. The number of amides is 3. The second-order valence-corrected chi connectivity index (χ2v) is 6.42. The molecule has 24 heavy (non-hydrogen) atoms. The number of benzene rings is 1. The van der Waals surface area contributed by atoms with Gasteiger partial charge in [0.25, 0.3) is 0 Å². The minimum absolute atomic E-state index is 0.0200. The third-order valence-corrected chi connectivity index (χ3v) is 3.93. The Bertz CT molecular complexity index is 557. The van der Waals surface area contributed by atoms with Gasteiger partial charge in [-0.05, 0) is 43.5 Å². The average Bonchev–Trinajstić information content (AvgIpc) is 2.88. The molecule has 2 rings (SSSR count). The topological polar surface area (TPSA) is 70.7 Å². The first-order chi connectivity index (χ1) is 11.5. The maximum absolute atomic E-state index is 12.2. The van der Waals surface area contributed by atoms with Gasteiger partial charge in [-0.2, -0.15) is 0 Å². The van der Waals surface area contributed by atoms with E-state index in [2.05, 4.69) is 24.5 Å². The van der Waals surface area contributed by atoms with Gasteiger partial charge in [0.05, 0.1) is 12.6 Å². The number of hydrogen-bond donors (Lipinski definition) is 2. The van der Waals surface area contributed by atoms with Gasteiger partial charge in [0.2, 0.25) is 5.91 Å². The van der Waals surface area contributed by atoms with E-state index < -0.39 is 0 Å². The van der Waals surface area contributed by atoms with E-state index in [-0.39, 0.29) is 18.0 Å². The van der Waals surface area contributed by atoms with Gasteiger partial charge in [-0.3, -0.25) is 4.79 Å². The monoisotopic (exact) mass is 333 g/mol. The zero-order valence-electron chi connectivity index (χ0n) is 14.7. The molecule has 2 N–H and O–H groups in total. The Hall–Kier alpha value is -2.24. The van der Waals surface area contributed by atoms with Crippen molar-refractivity contribution in [2.45, 2.75) is 39.7 Å². The van der Waals surface area contributed by atoms with E-state index in [1.807, 2.05) is 31.2 Å². The number of carbonyl (C=O) groups excluding carboxylic acids is 2. The van der Waals surface area contributed by atoms with Crippen molar-refractivity contribution in [3.05, 3.63) is 24.3 Å². The normalized spacial score (nSPS) is 17.2. The molecule has 1 aromatic rings. The van der Waals surface area contributed by atoms with Crippen molar-refractivity contribution in [1.82, 2.24) is 10.6 Å². The Morgan fingerprint density at radius 1 is 1.33 bits per heavy atom. The Kier molecular flexibility index (Phi) is 6.46. The van der Waals surface area contributed by atoms with Crippen LogP contribution in [0.2, 0.25) is 0 Å². The molecule has 0 aromatic heterocycles. The highest BCUT2D eigenvalue weighted by Gasteiger charge is 2.31. The lowest BCUT2D eigenvalue weighted by Gasteiger charge is -2.18. The number of nitrogens with one attached hydrogen (secondary N) is 2. The number of carbonyl (C=O) groups is 2. The summed E-state index contributed by atoms with van der Waals surface area (Å²) in [6.45, 7) is 7.91. The first-order valence-electron chi connectivity index (χ1n) is 8.57. The van der Waals surface area contributed by atoms with Gasteiger partial charge in [0.1, 0.15) is 5.75 Å². The molecule has 0 radical (unpaired) electrons. The van der Waals surface area contributed by atoms with Crippen LogP contribution < -0.4 is 20.3 Å². The van der Waals surface area contributed by atoms with Gasteiger partial charge in [0.15, 0.2) is 0 Å². The lowest BCUT2D eigenvalue weighted by molar-refractivity contribution is -0.117. The summed E-state index contributed by atoms with van der Waals surface area (Å²) in [5.41, 5.74) is 0.827. The van der Waals surface area contributed by atoms with E-state index in [0.29, 0.717) is 32.0 Å². The maximum atomic E-state index is 12.2. The van der Waals surface area contributed by atoms with Crippen LogP contribution in [0.5, 0.6) is 5.75 Å². The smallest absolute Gasteiger partial charge is 0.315 e. The number of nitrogens with zero attached hydrogens (tertiary/aromatic N) is 1. The van der Waals surface area contributed by atoms with E-state index in [0.717, 1.165) is 17.9 Å². The summed E-state index contributed by atoms with van der Waals surface area (Å²) in [7, 11) is 0. The molecule has 6 heteroatoms. The lowest BCUT2D eigenvalue weighted by Crippen LogP contribution is -2.43. The van der Waals surface area contributed by atoms with Crippen LogP contribution in [0.15, 0.2) is 24.3 Å². The first-order valence-corrected chi connectivity index (χ1v) is 8.57. The van der Waals surface area contributed by atoms with Crippen molar-refractivity contribution in [1.29, 1.82) is 0 Å². The van der Waals surface area contributed by atoms with E-state index in [4.69, 9.17) is 4.74 Å². The summed E-state index contributed by atoms with van der Waals surface area (Å²) in [5.74, 6) is 1.35. The van der Waals surface area contributed by atoms with Crippen molar-refractivity contribution >= 4 is 17.6 Å². The molecule has 1 heterocycles. The van der Waals surface area contributed by atoms with E-state index in [1.54, 1.807) is 4.90 Å². The summed E-state index contributed by atoms with van der Waals surface area (Å²) < 4.78 is 5.41. The zero-order chi connectivity index (χ0) is 17.5. The highest BCUT2D eigenvalue weighted by atomic mass is 16.5. The average molecular weight is 333 g/mol. The van der Waals surface area contributed by atoms with Gasteiger partial charge >= 0.3 is 6.03 Å². The van der Waals surface area contributed by atoms with E-state index in [1.165, 1.54) is 0 Å². The highest BCUT2D eigenvalue weighted by Crippen LogP contribution is 2.24. The summed E-state index contributed by atoms with van der Waals surface area (Å²) in [5, 5.41) is 5.71. The molecule has 0 aliphatic carbocycles. The van der Waals surface area contributed by atoms with Crippen molar-refractivity contribution in [3.8, 4) is 5.75 Å². The molecule has 1 saturated heterocycles. The lowest BCUT2D eigenvalue weighted by atomic mass is 10.1. The fourth-order valence-electron chi connectivity index (χ4n) is 2.65. The van der Waals surface area contributed by atoms with Gasteiger partial charge < -0.3 is 20.3 Å². The molecular formula is C18H27N3O3. The molecular weight excluding hydrogens is 306 g/mol. The molecule has 1 atom stereocenters. The second-order valence-electron chi connectivity index (χ2n) is 6.42. The van der Waals surface area contributed by atoms with Crippen molar-refractivity contribution in [2.24, 2.45) is 5.92 Å². The van der Waals surface area contributed by atoms with Crippen molar-refractivity contribution in [2.75, 3.05) is 24.6 Å². The fraction of sp³-hybridized carbons (Fsp3) is 0.556. The number of rotatable bonds is 7. The number of hydrogen-bond acceptors (Lipinski definition) is 3. The Morgan fingerprint density at radius 2 is 2.04 bits per heavy atom. The van der Waals surface area contributed by atoms with E-state index in [9.17, 15) is 9.59 Å². The first kappa shape index (κ1) is 18.1. The molecule has 1 aromatic carbocycles. The molecule has 1 aliphatic heterocycles. The van der Waals surface area contributed by atoms with Crippen LogP contribution in [0.3, 0.4) is 0 Å². The molecule has 1 fully saturated rings. The third kappa shape index (κ3) is 5.15. The van der Waals surface area contributed by atoms with E-state index >= 15 is 0 Å². The predicted molar refractivity (Wildman–Crippen MR) is 94.4 cm³/mol. The summed E-state index contributed by atoms with van der Waals surface area (Å²) in [6, 6.07) is 7.07. The van der Waals surface area contributed by atoms with Crippen LogP contribution in [-0.2, 0) is 4.79 Å². The number of ether oxygens (including phenoxy) is 1. The Labute approximate surface area is 143 Å². The molecule has 0 spiro atoms. The van der Waals surface area contributed by atoms with Gasteiger partial charge in [-0.25, -0.2) is 4.79 Å². The van der Waals surface area contributed by atoms with Crippen LogP contribution >= 0.6 is 0 Å². The van der Waals surface area contributed by atoms with Crippen molar-refractivity contribution in [3.63, 3.8) is 0 Å². The highest BCUT2D eigenvalue weighted by molar-refractivity contribution is 5.96.